The molecule has 0 atom stereocenters. The van der Waals surface area contributed by atoms with Gasteiger partial charge in [0.05, 0.1) is 17.6 Å². The molecule has 0 aromatic carbocycles. The predicted molar refractivity (Wildman–Crippen MR) is 61.3 cm³/mol. The number of nitrogens with two attached hydrogens (primary N) is 1. The number of pyridine rings is 1. The molecule has 90 valence electrons. The van der Waals surface area contributed by atoms with Gasteiger partial charge in [-0.1, -0.05) is 0 Å². The van der Waals surface area contributed by atoms with Gasteiger partial charge in [0.1, 0.15) is 5.69 Å². The molecule has 2 aromatic rings. The summed E-state index contributed by atoms with van der Waals surface area (Å²) >= 11 is 1.43. The molecular formula is C10H8F3N3S. The van der Waals surface area contributed by atoms with Gasteiger partial charge in [-0.2, -0.15) is 24.5 Å². The van der Waals surface area contributed by atoms with Crippen LogP contribution in [0.15, 0.2) is 29.1 Å². The fraction of sp³-hybridized carbons (Fsp3) is 0.100. The van der Waals surface area contributed by atoms with Crippen LogP contribution in [0.5, 0.6) is 0 Å². The normalized spacial score (nSPS) is 11.5. The number of hydrogen-bond acceptors (Lipinski definition) is 4. The number of aromatic nitrogens is 1. The van der Waals surface area contributed by atoms with E-state index in [9.17, 15) is 13.2 Å². The number of rotatable bonds is 2. The van der Waals surface area contributed by atoms with E-state index in [0.717, 1.165) is 12.3 Å². The van der Waals surface area contributed by atoms with Crippen LogP contribution in [0.25, 0.3) is 0 Å². The average Bonchev–Trinajstić information content (AvgIpc) is 2.72. The van der Waals surface area contributed by atoms with Crippen molar-refractivity contribution in [2.45, 2.75) is 6.18 Å². The summed E-state index contributed by atoms with van der Waals surface area (Å²) in [7, 11) is 0. The van der Waals surface area contributed by atoms with E-state index in [0.29, 0.717) is 5.69 Å². The lowest BCUT2D eigenvalue weighted by Gasteiger charge is -2.11. The molecule has 0 saturated carbocycles. The van der Waals surface area contributed by atoms with Gasteiger partial charge in [0.15, 0.2) is 0 Å². The van der Waals surface area contributed by atoms with Gasteiger partial charge in [-0.05, 0) is 17.5 Å². The third-order valence-electron chi connectivity index (χ3n) is 2.03. The Bertz CT molecular complexity index is 508. The molecule has 0 bridgehead atoms. The summed E-state index contributed by atoms with van der Waals surface area (Å²) in [6, 6.07) is 2.64. The number of hydrogen-bond donors (Lipinski definition) is 2. The van der Waals surface area contributed by atoms with E-state index in [-0.39, 0.29) is 11.4 Å². The lowest BCUT2D eigenvalue weighted by atomic mass is 10.2. The minimum Gasteiger partial charge on any atom is -0.396 e. The molecule has 7 heteroatoms. The minimum atomic E-state index is -4.47. The molecule has 3 nitrogen and oxygen atoms in total. The minimum absolute atomic E-state index is 0.171. The van der Waals surface area contributed by atoms with Gasteiger partial charge in [0.2, 0.25) is 0 Å². The van der Waals surface area contributed by atoms with E-state index in [1.165, 1.54) is 11.3 Å². The fourth-order valence-corrected chi connectivity index (χ4v) is 1.81. The molecular weight excluding hydrogens is 251 g/mol. The van der Waals surface area contributed by atoms with E-state index in [2.05, 4.69) is 10.3 Å². The van der Waals surface area contributed by atoms with Crippen molar-refractivity contribution >= 4 is 28.4 Å². The zero-order valence-electron chi connectivity index (χ0n) is 8.45. The highest BCUT2D eigenvalue weighted by Crippen LogP contribution is 2.32. The number of thiophene rings is 1. The molecule has 2 aromatic heterocycles. The summed E-state index contributed by atoms with van der Waals surface area (Å²) in [5.41, 5.74) is 5.66. The van der Waals surface area contributed by atoms with Crippen LogP contribution in [0.3, 0.4) is 0 Å². The summed E-state index contributed by atoms with van der Waals surface area (Å²) < 4.78 is 37.3. The SMILES string of the molecule is Nc1cnc(C(F)(F)F)cc1Nc1ccsc1. The molecule has 0 saturated heterocycles. The Labute approximate surface area is 99.1 Å². The standard InChI is InChI=1S/C10H8F3N3S/c11-10(12,13)9-3-8(7(14)4-15-9)16-6-1-2-17-5-6/h1-5H,14H2,(H,15,16). The maximum absolute atomic E-state index is 12.4. The van der Waals surface area contributed by atoms with E-state index in [4.69, 9.17) is 5.73 Å². The zero-order chi connectivity index (χ0) is 12.5. The molecule has 0 radical (unpaired) electrons. The molecule has 3 N–H and O–H groups in total. The van der Waals surface area contributed by atoms with Gasteiger partial charge in [-0.15, -0.1) is 0 Å². The smallest absolute Gasteiger partial charge is 0.396 e. The number of nitrogens with zero attached hydrogens (tertiary/aromatic N) is 1. The van der Waals surface area contributed by atoms with Crippen molar-refractivity contribution in [3.8, 4) is 0 Å². The highest BCUT2D eigenvalue weighted by atomic mass is 32.1. The molecule has 0 unspecified atom stereocenters. The fourth-order valence-electron chi connectivity index (χ4n) is 1.22. The maximum Gasteiger partial charge on any atom is 0.433 e. The van der Waals surface area contributed by atoms with Crippen LogP contribution in [-0.2, 0) is 6.18 Å². The predicted octanol–water partition coefficient (Wildman–Crippen LogP) is 3.49. The van der Waals surface area contributed by atoms with E-state index < -0.39 is 11.9 Å². The Morgan fingerprint density at radius 3 is 2.71 bits per heavy atom. The van der Waals surface area contributed by atoms with E-state index in [1.807, 2.05) is 5.38 Å². The molecule has 0 spiro atoms. The summed E-state index contributed by atoms with van der Waals surface area (Å²) in [5, 5.41) is 6.39. The second-order valence-electron chi connectivity index (χ2n) is 3.29. The van der Waals surface area contributed by atoms with Gasteiger partial charge >= 0.3 is 6.18 Å². The van der Waals surface area contributed by atoms with Crippen molar-refractivity contribution in [1.29, 1.82) is 0 Å². The van der Waals surface area contributed by atoms with Crippen LogP contribution in [0, 0.1) is 0 Å². The lowest BCUT2D eigenvalue weighted by Crippen LogP contribution is -2.09. The van der Waals surface area contributed by atoms with Crippen molar-refractivity contribution in [1.82, 2.24) is 4.98 Å². The van der Waals surface area contributed by atoms with Crippen molar-refractivity contribution in [2.75, 3.05) is 11.1 Å². The van der Waals surface area contributed by atoms with E-state index in [1.54, 1.807) is 11.4 Å². The summed E-state index contributed by atoms with van der Waals surface area (Å²) in [6.45, 7) is 0. The van der Waals surface area contributed by atoms with Gasteiger partial charge < -0.3 is 11.1 Å². The third-order valence-corrected chi connectivity index (χ3v) is 2.71. The van der Waals surface area contributed by atoms with Gasteiger partial charge in [-0.25, -0.2) is 4.98 Å². The first-order valence-electron chi connectivity index (χ1n) is 4.59. The van der Waals surface area contributed by atoms with Crippen LogP contribution < -0.4 is 11.1 Å². The molecule has 2 heterocycles. The summed E-state index contributed by atoms with van der Waals surface area (Å²) in [4.78, 5) is 3.25. The molecule has 2 rings (SSSR count). The highest BCUT2D eigenvalue weighted by molar-refractivity contribution is 7.08. The summed E-state index contributed by atoms with van der Waals surface area (Å²) in [5.74, 6) is 0. The van der Waals surface area contributed by atoms with Crippen molar-refractivity contribution < 1.29 is 13.2 Å². The Balaban J connectivity index is 2.33. The Hall–Kier alpha value is -1.76. The second kappa shape index (κ2) is 4.25. The highest BCUT2D eigenvalue weighted by Gasteiger charge is 2.32. The molecule has 0 amide bonds. The van der Waals surface area contributed by atoms with Gasteiger partial charge in [0.25, 0.3) is 0 Å². The molecule has 17 heavy (non-hydrogen) atoms. The number of nitrogens with one attached hydrogen (secondary N) is 1. The molecule has 0 aliphatic carbocycles. The lowest BCUT2D eigenvalue weighted by molar-refractivity contribution is -0.141. The number of alkyl halides is 3. The number of halogens is 3. The molecule has 0 fully saturated rings. The van der Waals surface area contributed by atoms with Gasteiger partial charge in [0, 0.05) is 11.1 Å². The monoisotopic (exact) mass is 259 g/mol. The van der Waals surface area contributed by atoms with Crippen molar-refractivity contribution in [3.63, 3.8) is 0 Å². The molecule has 0 aliphatic heterocycles. The van der Waals surface area contributed by atoms with Gasteiger partial charge in [-0.3, -0.25) is 0 Å². The zero-order valence-corrected chi connectivity index (χ0v) is 9.27. The van der Waals surface area contributed by atoms with Crippen LogP contribution in [0.4, 0.5) is 30.2 Å². The Morgan fingerprint density at radius 2 is 2.12 bits per heavy atom. The quantitative estimate of drug-likeness (QED) is 0.868. The first-order chi connectivity index (χ1) is 7.97. The van der Waals surface area contributed by atoms with Crippen LogP contribution in [-0.4, -0.2) is 4.98 Å². The van der Waals surface area contributed by atoms with Crippen molar-refractivity contribution in [3.05, 3.63) is 34.8 Å². The first kappa shape index (κ1) is 11.7. The van der Waals surface area contributed by atoms with Crippen LogP contribution >= 0.6 is 11.3 Å². The number of nitrogen functional groups attached to an aromatic ring is 1. The Kier molecular flexibility index (Phi) is 2.93. The van der Waals surface area contributed by atoms with Crippen LogP contribution in [0.2, 0.25) is 0 Å². The third kappa shape index (κ3) is 2.68. The Morgan fingerprint density at radius 1 is 1.35 bits per heavy atom. The van der Waals surface area contributed by atoms with Crippen LogP contribution in [0.1, 0.15) is 5.69 Å². The van der Waals surface area contributed by atoms with Crippen molar-refractivity contribution in [2.24, 2.45) is 0 Å². The first-order valence-corrected chi connectivity index (χ1v) is 5.53. The van der Waals surface area contributed by atoms with E-state index >= 15 is 0 Å². The summed E-state index contributed by atoms with van der Waals surface area (Å²) in [6.07, 6.45) is -3.48. The molecule has 0 aliphatic rings. The largest absolute Gasteiger partial charge is 0.433 e. The topological polar surface area (TPSA) is 50.9 Å². The second-order valence-corrected chi connectivity index (χ2v) is 4.07. The number of anilines is 3. The maximum atomic E-state index is 12.4. The average molecular weight is 259 g/mol.